The molecule has 12 heavy (non-hydrogen) atoms. The Balaban J connectivity index is 2.94. The number of rotatable bonds is 2. The molecule has 0 heterocycles. The highest BCUT2D eigenvalue weighted by Crippen LogP contribution is 2.21. The number of hydrogen-bond acceptors (Lipinski definition) is 3. The molecule has 5 N–H and O–H groups in total. The normalized spacial score (nSPS) is 15.6. The van der Waals surface area contributed by atoms with E-state index in [9.17, 15) is 5.11 Å². The molecule has 0 bridgehead atoms. The van der Waals surface area contributed by atoms with Gasteiger partial charge in [0.25, 0.3) is 0 Å². The van der Waals surface area contributed by atoms with E-state index in [1.54, 1.807) is 19.1 Å². The van der Waals surface area contributed by atoms with Crippen LogP contribution in [0.5, 0.6) is 0 Å². The summed E-state index contributed by atoms with van der Waals surface area (Å²) in [5.41, 5.74) is 12.5. The molecule has 2 atom stereocenters. The number of benzene rings is 1. The molecule has 0 amide bonds. The zero-order valence-corrected chi connectivity index (χ0v) is 7.07. The van der Waals surface area contributed by atoms with E-state index in [1.807, 2.05) is 12.1 Å². The lowest BCUT2D eigenvalue weighted by Gasteiger charge is -2.16. The summed E-state index contributed by atoms with van der Waals surface area (Å²) < 4.78 is 0. The molecular weight excluding hydrogens is 152 g/mol. The topological polar surface area (TPSA) is 72.3 Å². The van der Waals surface area contributed by atoms with E-state index < -0.39 is 6.10 Å². The van der Waals surface area contributed by atoms with Gasteiger partial charge in [-0.1, -0.05) is 18.2 Å². The van der Waals surface area contributed by atoms with Crippen LogP contribution in [0.4, 0.5) is 5.69 Å². The molecule has 1 aromatic carbocycles. The van der Waals surface area contributed by atoms with Crippen LogP contribution in [0.3, 0.4) is 0 Å². The van der Waals surface area contributed by atoms with Crippen LogP contribution in [0, 0.1) is 0 Å². The van der Waals surface area contributed by atoms with Crippen molar-refractivity contribution in [2.24, 2.45) is 5.73 Å². The van der Waals surface area contributed by atoms with Crippen LogP contribution >= 0.6 is 0 Å². The van der Waals surface area contributed by atoms with Crippen molar-refractivity contribution in [3.8, 4) is 0 Å². The summed E-state index contributed by atoms with van der Waals surface area (Å²) in [6.07, 6.45) is -0.675. The Hall–Kier alpha value is -1.06. The van der Waals surface area contributed by atoms with E-state index in [-0.39, 0.29) is 6.04 Å². The Kier molecular flexibility index (Phi) is 2.68. The van der Waals surface area contributed by atoms with Crippen molar-refractivity contribution in [1.82, 2.24) is 0 Å². The van der Waals surface area contributed by atoms with Gasteiger partial charge in [0.05, 0.1) is 6.10 Å². The zero-order chi connectivity index (χ0) is 9.14. The quantitative estimate of drug-likeness (QED) is 0.565. The summed E-state index contributed by atoms with van der Waals surface area (Å²) in [6, 6.07) is 6.89. The molecule has 2 unspecified atom stereocenters. The number of hydrogen-bond donors (Lipinski definition) is 3. The lowest BCUT2D eigenvalue weighted by Crippen LogP contribution is -2.25. The summed E-state index contributed by atoms with van der Waals surface area (Å²) in [4.78, 5) is 0. The molecular formula is C9H14N2O. The number of nitrogen functional groups attached to an aromatic ring is 1. The highest BCUT2D eigenvalue weighted by atomic mass is 16.3. The number of nitrogens with two attached hydrogens (primary N) is 2. The summed E-state index contributed by atoms with van der Waals surface area (Å²) >= 11 is 0. The molecule has 0 aliphatic rings. The number of aliphatic hydroxyl groups excluding tert-OH is 1. The zero-order valence-electron chi connectivity index (χ0n) is 7.07. The van der Waals surface area contributed by atoms with Crippen LogP contribution in [-0.2, 0) is 0 Å². The lowest BCUT2D eigenvalue weighted by atomic mass is 10.0. The summed E-state index contributed by atoms with van der Waals surface area (Å²) in [7, 11) is 0. The fraction of sp³-hybridized carbons (Fsp3) is 0.333. The molecule has 3 heteroatoms. The van der Waals surface area contributed by atoms with E-state index in [4.69, 9.17) is 11.5 Å². The van der Waals surface area contributed by atoms with Gasteiger partial charge >= 0.3 is 0 Å². The van der Waals surface area contributed by atoms with Crippen molar-refractivity contribution < 1.29 is 5.11 Å². The van der Waals surface area contributed by atoms with E-state index in [0.29, 0.717) is 11.3 Å². The molecule has 1 aromatic rings. The van der Waals surface area contributed by atoms with Gasteiger partial charge in [-0.05, 0) is 13.0 Å². The number of para-hydroxylation sites is 1. The monoisotopic (exact) mass is 166 g/mol. The minimum atomic E-state index is -0.675. The second kappa shape index (κ2) is 3.56. The van der Waals surface area contributed by atoms with E-state index in [2.05, 4.69) is 0 Å². The van der Waals surface area contributed by atoms with Gasteiger partial charge in [0.2, 0.25) is 0 Å². The highest BCUT2D eigenvalue weighted by Gasteiger charge is 2.13. The fourth-order valence-electron chi connectivity index (χ4n) is 1.06. The number of anilines is 1. The van der Waals surface area contributed by atoms with Gasteiger partial charge in [-0.2, -0.15) is 0 Å². The average molecular weight is 166 g/mol. The predicted octanol–water partition coefficient (Wildman–Crippen LogP) is 0.649. The van der Waals surface area contributed by atoms with Gasteiger partial charge in [-0.15, -0.1) is 0 Å². The Morgan fingerprint density at radius 2 is 1.92 bits per heavy atom. The van der Waals surface area contributed by atoms with Crippen molar-refractivity contribution in [1.29, 1.82) is 0 Å². The van der Waals surface area contributed by atoms with Crippen molar-refractivity contribution in [3.05, 3.63) is 29.8 Å². The van der Waals surface area contributed by atoms with Crippen LogP contribution < -0.4 is 11.5 Å². The third-order valence-electron chi connectivity index (χ3n) is 1.81. The standard InChI is InChI=1S/C9H14N2O/c1-6(10)9(12)7-4-2-3-5-8(7)11/h2-6,9,12H,10-11H2,1H3. The van der Waals surface area contributed by atoms with Crippen LogP contribution in [0.1, 0.15) is 18.6 Å². The van der Waals surface area contributed by atoms with Crippen LogP contribution in [0.2, 0.25) is 0 Å². The third-order valence-corrected chi connectivity index (χ3v) is 1.81. The van der Waals surface area contributed by atoms with Crippen LogP contribution in [0.15, 0.2) is 24.3 Å². The highest BCUT2D eigenvalue weighted by molar-refractivity contribution is 5.47. The molecule has 0 fully saturated rings. The number of aliphatic hydroxyl groups is 1. The predicted molar refractivity (Wildman–Crippen MR) is 49.5 cm³/mol. The van der Waals surface area contributed by atoms with E-state index >= 15 is 0 Å². The first kappa shape index (κ1) is 9.03. The summed E-state index contributed by atoms with van der Waals surface area (Å²) in [5, 5.41) is 9.57. The molecule has 66 valence electrons. The minimum Gasteiger partial charge on any atom is -0.398 e. The molecule has 1 rings (SSSR count). The Labute approximate surface area is 72.0 Å². The van der Waals surface area contributed by atoms with E-state index in [0.717, 1.165) is 0 Å². The van der Waals surface area contributed by atoms with Crippen molar-refractivity contribution in [3.63, 3.8) is 0 Å². The molecule has 0 aromatic heterocycles. The second-order valence-corrected chi connectivity index (χ2v) is 2.93. The Bertz CT molecular complexity index is 260. The van der Waals surface area contributed by atoms with Crippen molar-refractivity contribution >= 4 is 5.69 Å². The largest absolute Gasteiger partial charge is 0.398 e. The first-order valence-corrected chi connectivity index (χ1v) is 3.91. The smallest absolute Gasteiger partial charge is 0.0957 e. The summed E-state index contributed by atoms with van der Waals surface area (Å²) in [6.45, 7) is 1.75. The van der Waals surface area contributed by atoms with E-state index in [1.165, 1.54) is 0 Å². The SMILES string of the molecule is CC(N)C(O)c1ccccc1N. The molecule has 0 radical (unpaired) electrons. The van der Waals surface area contributed by atoms with Gasteiger partial charge in [0.15, 0.2) is 0 Å². The van der Waals surface area contributed by atoms with Gasteiger partial charge in [-0.3, -0.25) is 0 Å². The third kappa shape index (κ3) is 1.75. The van der Waals surface area contributed by atoms with Crippen LogP contribution in [-0.4, -0.2) is 11.1 Å². The maximum absolute atomic E-state index is 9.57. The second-order valence-electron chi connectivity index (χ2n) is 2.93. The van der Waals surface area contributed by atoms with Gasteiger partial charge < -0.3 is 16.6 Å². The molecule has 0 aliphatic carbocycles. The van der Waals surface area contributed by atoms with Crippen molar-refractivity contribution in [2.75, 3.05) is 5.73 Å². The molecule has 3 nitrogen and oxygen atoms in total. The maximum atomic E-state index is 9.57. The van der Waals surface area contributed by atoms with Crippen LogP contribution in [0.25, 0.3) is 0 Å². The fourth-order valence-corrected chi connectivity index (χ4v) is 1.06. The van der Waals surface area contributed by atoms with Gasteiger partial charge in [0.1, 0.15) is 0 Å². The van der Waals surface area contributed by atoms with Gasteiger partial charge in [-0.25, -0.2) is 0 Å². The molecule has 0 aliphatic heterocycles. The van der Waals surface area contributed by atoms with Crippen molar-refractivity contribution in [2.45, 2.75) is 19.1 Å². The first-order valence-electron chi connectivity index (χ1n) is 3.91. The molecule has 0 spiro atoms. The Morgan fingerprint density at radius 3 is 2.42 bits per heavy atom. The summed E-state index contributed by atoms with van der Waals surface area (Å²) in [5.74, 6) is 0. The van der Waals surface area contributed by atoms with Gasteiger partial charge in [0, 0.05) is 17.3 Å². The minimum absolute atomic E-state index is 0.297. The maximum Gasteiger partial charge on any atom is 0.0957 e. The molecule has 0 saturated heterocycles. The average Bonchev–Trinajstić information content (AvgIpc) is 2.04. The first-order chi connectivity index (χ1) is 5.63. The lowest BCUT2D eigenvalue weighted by molar-refractivity contribution is 0.154. The Morgan fingerprint density at radius 1 is 1.33 bits per heavy atom. The molecule has 0 saturated carbocycles.